The first-order chi connectivity index (χ1) is 8.50. The van der Waals surface area contributed by atoms with E-state index in [1.807, 2.05) is 26.2 Å². The zero-order valence-corrected chi connectivity index (χ0v) is 11.9. The van der Waals surface area contributed by atoms with Gasteiger partial charge < -0.3 is 15.7 Å². The van der Waals surface area contributed by atoms with Gasteiger partial charge in [0.1, 0.15) is 6.04 Å². The number of hydrogen-bond acceptors (Lipinski definition) is 5. The topological polar surface area (TPSA) is 74.2 Å². The molecule has 0 saturated heterocycles. The van der Waals surface area contributed by atoms with Crippen molar-refractivity contribution in [1.29, 1.82) is 0 Å². The molecule has 102 valence electrons. The lowest BCUT2D eigenvalue weighted by atomic mass is 10.1. The number of thiazole rings is 1. The second kappa shape index (κ2) is 7.45. The van der Waals surface area contributed by atoms with Crippen molar-refractivity contribution in [2.24, 2.45) is 5.92 Å². The van der Waals surface area contributed by atoms with Crippen molar-refractivity contribution in [3.63, 3.8) is 0 Å². The Morgan fingerprint density at radius 2 is 2.22 bits per heavy atom. The van der Waals surface area contributed by atoms with E-state index in [9.17, 15) is 4.79 Å². The van der Waals surface area contributed by atoms with Crippen LogP contribution in [0, 0.1) is 12.8 Å². The minimum Gasteiger partial charge on any atom is -0.480 e. The smallest absolute Gasteiger partial charge is 0.320 e. The normalized spacial score (nSPS) is 12.9. The molecular weight excluding hydrogens is 250 g/mol. The molecule has 0 unspecified atom stereocenters. The van der Waals surface area contributed by atoms with E-state index in [0.29, 0.717) is 6.54 Å². The molecule has 0 spiro atoms. The number of nitrogens with zero attached hydrogens (tertiary/aromatic N) is 1. The third-order valence-corrected chi connectivity index (χ3v) is 3.39. The highest BCUT2D eigenvalue weighted by atomic mass is 32.1. The number of aromatic nitrogens is 1. The van der Waals surface area contributed by atoms with Crippen LogP contribution in [0.4, 0.5) is 0 Å². The molecule has 0 fully saturated rings. The standard InChI is InChI=1S/C12H21N3O2S/c1-8(2)11(12(16)17)14-5-4-13-6-10-7-18-9(3)15-10/h7-8,11,13-14H,4-6H2,1-3H3,(H,16,17)/t11-/m0/s1. The lowest BCUT2D eigenvalue weighted by molar-refractivity contribution is -0.140. The van der Waals surface area contributed by atoms with Crippen LogP contribution in [0.5, 0.6) is 0 Å². The molecule has 0 amide bonds. The summed E-state index contributed by atoms with van der Waals surface area (Å²) in [5.41, 5.74) is 1.04. The van der Waals surface area contributed by atoms with Crippen LogP contribution >= 0.6 is 11.3 Å². The van der Waals surface area contributed by atoms with Gasteiger partial charge in [0.2, 0.25) is 0 Å². The maximum atomic E-state index is 10.9. The fourth-order valence-corrected chi connectivity index (χ4v) is 2.24. The van der Waals surface area contributed by atoms with Crippen LogP contribution in [0.25, 0.3) is 0 Å². The minimum absolute atomic E-state index is 0.0868. The fraction of sp³-hybridized carbons (Fsp3) is 0.667. The van der Waals surface area contributed by atoms with Crippen molar-refractivity contribution in [2.75, 3.05) is 13.1 Å². The molecule has 0 aromatic carbocycles. The number of carboxylic acids is 1. The number of carboxylic acid groups (broad SMARTS) is 1. The van der Waals surface area contributed by atoms with Gasteiger partial charge in [-0.2, -0.15) is 0 Å². The fourth-order valence-electron chi connectivity index (χ4n) is 1.63. The molecule has 1 aromatic heterocycles. The molecule has 6 heteroatoms. The maximum Gasteiger partial charge on any atom is 0.320 e. The van der Waals surface area contributed by atoms with Gasteiger partial charge in [-0.25, -0.2) is 4.98 Å². The van der Waals surface area contributed by atoms with Gasteiger partial charge >= 0.3 is 5.97 Å². The molecule has 18 heavy (non-hydrogen) atoms. The zero-order chi connectivity index (χ0) is 13.5. The van der Waals surface area contributed by atoms with Crippen LogP contribution in [0.1, 0.15) is 24.5 Å². The number of aliphatic carboxylic acids is 1. The first kappa shape index (κ1) is 15.1. The predicted octanol–water partition coefficient (Wildman–Crippen LogP) is 1.24. The Morgan fingerprint density at radius 1 is 1.50 bits per heavy atom. The Kier molecular flexibility index (Phi) is 6.24. The van der Waals surface area contributed by atoms with Gasteiger partial charge in [-0.1, -0.05) is 13.8 Å². The van der Waals surface area contributed by atoms with Gasteiger partial charge in [0.25, 0.3) is 0 Å². The van der Waals surface area contributed by atoms with Crippen molar-refractivity contribution >= 4 is 17.3 Å². The van der Waals surface area contributed by atoms with Gasteiger partial charge in [-0.15, -0.1) is 11.3 Å². The van der Waals surface area contributed by atoms with Gasteiger partial charge in [0, 0.05) is 25.0 Å². The van der Waals surface area contributed by atoms with Crippen LogP contribution in [0.15, 0.2) is 5.38 Å². The van der Waals surface area contributed by atoms with Gasteiger partial charge in [0.05, 0.1) is 10.7 Å². The van der Waals surface area contributed by atoms with Crippen molar-refractivity contribution in [2.45, 2.75) is 33.4 Å². The SMILES string of the molecule is Cc1nc(CNCCN[C@H](C(=O)O)C(C)C)cs1. The summed E-state index contributed by atoms with van der Waals surface area (Å²) in [4.78, 5) is 15.3. The monoisotopic (exact) mass is 271 g/mol. The Balaban J connectivity index is 2.16. The second-order valence-electron chi connectivity index (χ2n) is 4.55. The summed E-state index contributed by atoms with van der Waals surface area (Å²) < 4.78 is 0. The molecule has 3 N–H and O–H groups in total. The van der Waals surface area contributed by atoms with E-state index in [1.54, 1.807) is 11.3 Å². The molecule has 5 nitrogen and oxygen atoms in total. The number of carbonyl (C=O) groups is 1. The minimum atomic E-state index is -0.792. The van der Waals surface area contributed by atoms with Crippen LogP contribution in [0.2, 0.25) is 0 Å². The van der Waals surface area contributed by atoms with Crippen molar-refractivity contribution in [1.82, 2.24) is 15.6 Å². The Hall–Kier alpha value is -0.980. The maximum absolute atomic E-state index is 10.9. The first-order valence-corrected chi connectivity index (χ1v) is 6.96. The molecule has 0 aliphatic heterocycles. The Morgan fingerprint density at radius 3 is 2.72 bits per heavy atom. The summed E-state index contributed by atoms with van der Waals surface area (Å²) in [6, 6.07) is -0.478. The molecule has 0 bridgehead atoms. The quantitative estimate of drug-likeness (QED) is 0.620. The summed E-state index contributed by atoms with van der Waals surface area (Å²) >= 11 is 1.64. The lowest BCUT2D eigenvalue weighted by Gasteiger charge is -2.17. The van der Waals surface area contributed by atoms with Crippen LogP contribution < -0.4 is 10.6 Å². The van der Waals surface area contributed by atoms with Crippen molar-refractivity contribution in [3.05, 3.63) is 16.1 Å². The highest BCUT2D eigenvalue weighted by molar-refractivity contribution is 7.09. The average molecular weight is 271 g/mol. The van der Waals surface area contributed by atoms with Gasteiger partial charge in [-0.3, -0.25) is 4.79 Å². The molecule has 1 aromatic rings. The zero-order valence-electron chi connectivity index (χ0n) is 11.1. The predicted molar refractivity (Wildman–Crippen MR) is 72.8 cm³/mol. The first-order valence-electron chi connectivity index (χ1n) is 6.08. The third-order valence-electron chi connectivity index (χ3n) is 2.57. The molecule has 1 heterocycles. The highest BCUT2D eigenvalue weighted by Crippen LogP contribution is 2.07. The number of hydrogen-bond donors (Lipinski definition) is 3. The summed E-state index contributed by atoms with van der Waals surface area (Å²) in [6.07, 6.45) is 0. The van der Waals surface area contributed by atoms with E-state index >= 15 is 0 Å². The summed E-state index contributed by atoms with van der Waals surface area (Å²) in [7, 11) is 0. The van der Waals surface area contributed by atoms with E-state index in [0.717, 1.165) is 23.8 Å². The molecule has 1 atom stereocenters. The molecule has 0 saturated carbocycles. The number of rotatable bonds is 8. The summed E-state index contributed by atoms with van der Waals surface area (Å²) in [5, 5.41) is 18.4. The summed E-state index contributed by atoms with van der Waals surface area (Å²) in [5.74, 6) is -0.705. The van der Waals surface area contributed by atoms with E-state index in [-0.39, 0.29) is 5.92 Å². The molecule has 0 radical (unpaired) electrons. The molecule has 1 rings (SSSR count). The van der Waals surface area contributed by atoms with E-state index in [1.165, 1.54) is 0 Å². The largest absolute Gasteiger partial charge is 0.480 e. The second-order valence-corrected chi connectivity index (χ2v) is 5.61. The van der Waals surface area contributed by atoms with Crippen LogP contribution in [0.3, 0.4) is 0 Å². The van der Waals surface area contributed by atoms with Gasteiger partial charge in [0.15, 0.2) is 0 Å². The van der Waals surface area contributed by atoms with E-state index < -0.39 is 12.0 Å². The third kappa shape index (κ3) is 5.12. The molecule has 0 aliphatic rings. The average Bonchev–Trinajstić information content (AvgIpc) is 2.68. The van der Waals surface area contributed by atoms with Crippen molar-refractivity contribution < 1.29 is 9.90 Å². The summed E-state index contributed by atoms with van der Waals surface area (Å²) in [6.45, 7) is 7.88. The van der Waals surface area contributed by atoms with Crippen molar-refractivity contribution in [3.8, 4) is 0 Å². The number of aryl methyl sites for hydroxylation is 1. The highest BCUT2D eigenvalue weighted by Gasteiger charge is 2.19. The molecular formula is C12H21N3O2S. The number of nitrogens with one attached hydrogen (secondary N) is 2. The lowest BCUT2D eigenvalue weighted by Crippen LogP contribution is -2.43. The van der Waals surface area contributed by atoms with Crippen LogP contribution in [-0.4, -0.2) is 35.2 Å². The van der Waals surface area contributed by atoms with Gasteiger partial charge in [-0.05, 0) is 12.8 Å². The Labute approximate surface area is 112 Å². The van der Waals surface area contributed by atoms with E-state index in [2.05, 4.69) is 15.6 Å². The van der Waals surface area contributed by atoms with Crippen LogP contribution in [-0.2, 0) is 11.3 Å². The Bertz CT molecular complexity index is 379. The van der Waals surface area contributed by atoms with E-state index in [4.69, 9.17) is 5.11 Å². The molecule has 0 aliphatic carbocycles.